The van der Waals surface area contributed by atoms with Crippen molar-refractivity contribution in [1.29, 1.82) is 0 Å². The smallest absolute Gasteiger partial charge is 0.220 e. The van der Waals surface area contributed by atoms with Gasteiger partial charge in [-0.05, 0) is 55.9 Å². The quantitative estimate of drug-likeness (QED) is 0.935. The first-order chi connectivity index (χ1) is 10.2. The van der Waals surface area contributed by atoms with E-state index >= 15 is 0 Å². The first-order valence-corrected chi connectivity index (χ1v) is 7.51. The van der Waals surface area contributed by atoms with Crippen molar-refractivity contribution in [3.63, 3.8) is 0 Å². The van der Waals surface area contributed by atoms with Crippen molar-refractivity contribution in [2.45, 2.75) is 45.8 Å². The molecule has 3 heteroatoms. The van der Waals surface area contributed by atoms with Gasteiger partial charge in [0.2, 0.25) is 5.88 Å². The molecular weight excluding hydrogens is 262 g/mol. The molecule has 1 N–H and O–H groups in total. The van der Waals surface area contributed by atoms with E-state index in [4.69, 9.17) is 4.74 Å². The Balaban J connectivity index is 1.95. The highest BCUT2D eigenvalue weighted by Crippen LogP contribution is 2.34. The third-order valence-corrected chi connectivity index (χ3v) is 4.16. The lowest BCUT2D eigenvalue weighted by atomic mass is 9.89. The molecule has 0 saturated heterocycles. The molecule has 0 fully saturated rings. The summed E-state index contributed by atoms with van der Waals surface area (Å²) >= 11 is 0. The van der Waals surface area contributed by atoms with Crippen LogP contribution in [0.4, 0.5) is 0 Å². The maximum Gasteiger partial charge on any atom is 0.220 e. The minimum Gasteiger partial charge on any atom is -0.469 e. The van der Waals surface area contributed by atoms with Gasteiger partial charge in [0.15, 0.2) is 0 Å². The Morgan fingerprint density at radius 1 is 1.29 bits per heavy atom. The van der Waals surface area contributed by atoms with Crippen LogP contribution in [0, 0.1) is 13.8 Å². The molecule has 0 amide bonds. The molecule has 1 aromatic heterocycles. The number of rotatable bonds is 3. The molecule has 1 aliphatic rings. The van der Waals surface area contributed by atoms with E-state index in [0.717, 1.165) is 36.1 Å². The Morgan fingerprint density at radius 2 is 2.10 bits per heavy atom. The van der Waals surface area contributed by atoms with Crippen LogP contribution >= 0.6 is 0 Å². The van der Waals surface area contributed by atoms with Gasteiger partial charge < -0.3 is 9.84 Å². The summed E-state index contributed by atoms with van der Waals surface area (Å²) in [5, 5.41) is 9.59. The standard InChI is InChI=1S/C18H21NO2/c1-12-10-13(2)19-18(16(12)11-20)21-17-9-5-7-14-6-3-4-8-15(14)17/h3-4,6,8,10,17,20H,5,7,9,11H2,1-2H3. The van der Waals surface area contributed by atoms with Crippen molar-refractivity contribution in [2.75, 3.05) is 0 Å². The van der Waals surface area contributed by atoms with E-state index in [9.17, 15) is 5.11 Å². The minimum absolute atomic E-state index is 0.0361. The molecule has 110 valence electrons. The van der Waals surface area contributed by atoms with Gasteiger partial charge in [0, 0.05) is 11.3 Å². The third kappa shape index (κ3) is 2.79. The zero-order valence-corrected chi connectivity index (χ0v) is 12.6. The molecule has 1 aliphatic carbocycles. The second-order valence-corrected chi connectivity index (χ2v) is 5.72. The van der Waals surface area contributed by atoms with Gasteiger partial charge >= 0.3 is 0 Å². The molecule has 2 aromatic rings. The van der Waals surface area contributed by atoms with Crippen LogP contribution in [0.15, 0.2) is 30.3 Å². The lowest BCUT2D eigenvalue weighted by Crippen LogP contribution is -2.17. The number of aliphatic hydroxyl groups is 1. The van der Waals surface area contributed by atoms with Gasteiger partial charge in [-0.2, -0.15) is 0 Å². The fraction of sp³-hybridized carbons (Fsp3) is 0.389. The Labute approximate surface area is 125 Å². The van der Waals surface area contributed by atoms with E-state index in [1.807, 2.05) is 19.9 Å². The number of fused-ring (bicyclic) bond motifs is 1. The predicted octanol–water partition coefficient (Wildman–Crippen LogP) is 3.65. The number of aliphatic hydroxyl groups excluding tert-OH is 1. The lowest BCUT2D eigenvalue weighted by Gasteiger charge is -2.27. The van der Waals surface area contributed by atoms with E-state index in [1.54, 1.807) is 0 Å². The van der Waals surface area contributed by atoms with Gasteiger partial charge in [-0.25, -0.2) is 4.98 Å². The van der Waals surface area contributed by atoms with Crippen LogP contribution in [0.5, 0.6) is 5.88 Å². The first-order valence-electron chi connectivity index (χ1n) is 7.51. The second-order valence-electron chi connectivity index (χ2n) is 5.72. The fourth-order valence-corrected chi connectivity index (χ4v) is 3.09. The van der Waals surface area contributed by atoms with Crippen molar-refractivity contribution in [3.8, 4) is 5.88 Å². The number of aromatic nitrogens is 1. The van der Waals surface area contributed by atoms with Crippen LogP contribution in [-0.4, -0.2) is 10.1 Å². The maximum atomic E-state index is 9.59. The van der Waals surface area contributed by atoms with Gasteiger partial charge in [-0.15, -0.1) is 0 Å². The number of hydrogen-bond donors (Lipinski definition) is 1. The van der Waals surface area contributed by atoms with Gasteiger partial charge in [0.1, 0.15) is 6.10 Å². The summed E-state index contributed by atoms with van der Waals surface area (Å²) in [6, 6.07) is 10.4. The summed E-state index contributed by atoms with van der Waals surface area (Å²) in [6.45, 7) is 3.90. The fourth-order valence-electron chi connectivity index (χ4n) is 3.09. The molecular formula is C18H21NO2. The minimum atomic E-state index is -0.0389. The van der Waals surface area contributed by atoms with Crippen LogP contribution < -0.4 is 4.74 Å². The molecule has 0 spiro atoms. The SMILES string of the molecule is Cc1cc(C)c(CO)c(OC2CCCc3ccccc32)n1. The molecule has 0 aliphatic heterocycles. The molecule has 3 nitrogen and oxygen atoms in total. The number of benzene rings is 1. The van der Waals surface area contributed by atoms with Crippen molar-refractivity contribution < 1.29 is 9.84 Å². The molecule has 1 heterocycles. The highest BCUT2D eigenvalue weighted by atomic mass is 16.5. The summed E-state index contributed by atoms with van der Waals surface area (Å²) < 4.78 is 6.19. The van der Waals surface area contributed by atoms with Crippen LogP contribution in [0.3, 0.4) is 0 Å². The van der Waals surface area contributed by atoms with Gasteiger partial charge in [0.25, 0.3) is 0 Å². The van der Waals surface area contributed by atoms with E-state index in [0.29, 0.717) is 5.88 Å². The molecule has 0 saturated carbocycles. The van der Waals surface area contributed by atoms with Crippen molar-refractivity contribution >= 4 is 0 Å². The Morgan fingerprint density at radius 3 is 2.90 bits per heavy atom. The highest BCUT2D eigenvalue weighted by molar-refractivity contribution is 5.37. The van der Waals surface area contributed by atoms with E-state index in [-0.39, 0.29) is 12.7 Å². The zero-order valence-electron chi connectivity index (χ0n) is 12.6. The number of ether oxygens (including phenoxy) is 1. The number of aryl methyl sites for hydroxylation is 3. The summed E-state index contributed by atoms with van der Waals surface area (Å²) in [4.78, 5) is 4.49. The van der Waals surface area contributed by atoms with Gasteiger partial charge in [0.05, 0.1) is 6.61 Å². The monoisotopic (exact) mass is 283 g/mol. The van der Waals surface area contributed by atoms with Crippen LogP contribution in [0.2, 0.25) is 0 Å². The molecule has 1 aromatic carbocycles. The maximum absolute atomic E-state index is 9.59. The van der Waals surface area contributed by atoms with Crippen molar-refractivity contribution in [2.24, 2.45) is 0 Å². The molecule has 0 radical (unpaired) electrons. The lowest BCUT2D eigenvalue weighted by molar-refractivity contribution is 0.167. The van der Waals surface area contributed by atoms with Gasteiger partial charge in [-0.3, -0.25) is 0 Å². The van der Waals surface area contributed by atoms with Crippen LogP contribution in [0.1, 0.15) is 46.9 Å². The number of hydrogen-bond acceptors (Lipinski definition) is 3. The van der Waals surface area contributed by atoms with Crippen LogP contribution in [0.25, 0.3) is 0 Å². The Kier molecular flexibility index (Phi) is 3.93. The molecule has 1 unspecified atom stereocenters. The molecule has 21 heavy (non-hydrogen) atoms. The Hall–Kier alpha value is -1.87. The molecule has 0 bridgehead atoms. The van der Waals surface area contributed by atoms with Crippen molar-refractivity contribution in [1.82, 2.24) is 4.98 Å². The van der Waals surface area contributed by atoms with E-state index in [1.165, 1.54) is 11.1 Å². The van der Waals surface area contributed by atoms with E-state index < -0.39 is 0 Å². The molecule has 3 rings (SSSR count). The van der Waals surface area contributed by atoms with Crippen LogP contribution in [-0.2, 0) is 13.0 Å². The summed E-state index contributed by atoms with van der Waals surface area (Å²) in [5.74, 6) is 0.580. The number of pyridine rings is 1. The predicted molar refractivity (Wildman–Crippen MR) is 82.4 cm³/mol. The second kappa shape index (κ2) is 5.86. The highest BCUT2D eigenvalue weighted by Gasteiger charge is 2.23. The first kappa shape index (κ1) is 14.1. The van der Waals surface area contributed by atoms with Gasteiger partial charge in [-0.1, -0.05) is 24.3 Å². The largest absolute Gasteiger partial charge is 0.469 e. The normalized spacial score (nSPS) is 17.4. The summed E-state index contributed by atoms with van der Waals surface area (Å²) in [5.41, 5.74) is 5.37. The molecule has 1 atom stereocenters. The third-order valence-electron chi connectivity index (χ3n) is 4.16. The van der Waals surface area contributed by atoms with E-state index in [2.05, 4.69) is 29.2 Å². The van der Waals surface area contributed by atoms with Crippen molar-refractivity contribution in [3.05, 3.63) is 58.3 Å². The average Bonchev–Trinajstić information content (AvgIpc) is 2.47. The zero-order chi connectivity index (χ0) is 14.8. The topological polar surface area (TPSA) is 42.4 Å². The average molecular weight is 283 g/mol. The Bertz CT molecular complexity index is 652. The summed E-state index contributed by atoms with van der Waals surface area (Å²) in [6.07, 6.45) is 3.27. The number of nitrogens with zero attached hydrogens (tertiary/aromatic N) is 1. The summed E-state index contributed by atoms with van der Waals surface area (Å²) in [7, 11) is 0.